The molecular formula is C29H33NO5. The van der Waals surface area contributed by atoms with Crippen LogP contribution in [0.25, 0.3) is 0 Å². The van der Waals surface area contributed by atoms with Crippen LogP contribution in [0.4, 0.5) is 0 Å². The number of carbonyl (C=O) groups is 2. The van der Waals surface area contributed by atoms with Crippen LogP contribution >= 0.6 is 0 Å². The number of hydrogen-bond acceptors (Lipinski definition) is 6. The Morgan fingerprint density at radius 3 is 2.34 bits per heavy atom. The maximum Gasteiger partial charge on any atom is 0.336 e. The number of rotatable bonds is 8. The van der Waals surface area contributed by atoms with Gasteiger partial charge < -0.3 is 19.5 Å². The Hall–Kier alpha value is -3.54. The molecule has 4 rings (SSSR count). The molecule has 2 aliphatic rings. The molecule has 6 nitrogen and oxygen atoms in total. The van der Waals surface area contributed by atoms with Gasteiger partial charge in [0.05, 0.1) is 12.2 Å². The lowest BCUT2D eigenvalue weighted by atomic mass is 9.68. The van der Waals surface area contributed by atoms with Gasteiger partial charge in [-0.3, -0.25) is 4.79 Å². The molecule has 1 aliphatic heterocycles. The van der Waals surface area contributed by atoms with Crippen LogP contribution in [0.5, 0.6) is 11.5 Å². The number of dihydropyridines is 1. The summed E-state index contributed by atoms with van der Waals surface area (Å²) >= 11 is 0. The molecule has 2 aromatic rings. The number of ketones is 1. The van der Waals surface area contributed by atoms with Gasteiger partial charge in [-0.15, -0.1) is 0 Å². The average Bonchev–Trinajstić information content (AvgIpc) is 2.81. The fourth-order valence-corrected chi connectivity index (χ4v) is 4.85. The van der Waals surface area contributed by atoms with Crippen molar-refractivity contribution in [2.24, 2.45) is 5.41 Å². The quantitative estimate of drug-likeness (QED) is 0.412. The van der Waals surface area contributed by atoms with Crippen molar-refractivity contribution in [2.75, 3.05) is 19.8 Å². The minimum atomic E-state index is -0.493. The molecule has 0 amide bonds. The highest BCUT2D eigenvalue weighted by molar-refractivity contribution is 6.04. The molecule has 1 atom stereocenters. The predicted octanol–water partition coefficient (Wildman–Crippen LogP) is 5.31. The van der Waals surface area contributed by atoms with Crippen LogP contribution in [0, 0.1) is 5.41 Å². The molecule has 0 aromatic heterocycles. The van der Waals surface area contributed by atoms with Crippen LogP contribution in [0.1, 0.15) is 52.0 Å². The number of Topliss-reactive ketones (excluding diaryl/α,β-unsaturated/α-hetero) is 1. The first-order valence-corrected chi connectivity index (χ1v) is 12.1. The lowest BCUT2D eigenvalue weighted by Crippen LogP contribution is -2.38. The summed E-state index contributed by atoms with van der Waals surface area (Å²) in [6.45, 7) is 8.90. The van der Waals surface area contributed by atoms with Crippen LogP contribution in [-0.2, 0) is 14.3 Å². The third-order valence-corrected chi connectivity index (χ3v) is 6.31. The molecule has 1 N–H and O–H groups in total. The Morgan fingerprint density at radius 2 is 1.66 bits per heavy atom. The van der Waals surface area contributed by atoms with Crippen LogP contribution in [0.3, 0.4) is 0 Å². The first-order valence-electron chi connectivity index (χ1n) is 12.1. The summed E-state index contributed by atoms with van der Waals surface area (Å²) in [6, 6.07) is 17.0. The van der Waals surface area contributed by atoms with E-state index in [-0.39, 0.29) is 24.4 Å². The van der Waals surface area contributed by atoms with Crippen molar-refractivity contribution in [2.45, 2.75) is 46.5 Å². The van der Waals surface area contributed by atoms with E-state index in [1.165, 1.54) is 0 Å². The van der Waals surface area contributed by atoms with E-state index in [0.29, 0.717) is 29.9 Å². The summed E-state index contributed by atoms with van der Waals surface area (Å²) < 4.78 is 16.9. The summed E-state index contributed by atoms with van der Waals surface area (Å²) in [5.41, 5.74) is 3.45. The summed E-state index contributed by atoms with van der Waals surface area (Å²) in [5, 5.41) is 3.36. The number of hydrogen-bond donors (Lipinski definition) is 1. The molecule has 0 bridgehead atoms. The second-order valence-corrected chi connectivity index (χ2v) is 9.73. The van der Waals surface area contributed by atoms with E-state index in [0.717, 1.165) is 29.2 Å². The molecule has 0 radical (unpaired) electrons. The molecule has 1 heterocycles. The zero-order valence-electron chi connectivity index (χ0n) is 20.9. The standard InChI is InChI=1S/C29H33NO5/c1-5-33-22-13-11-20(12-14-22)26-25(28(32)35-16-15-34-21-9-7-6-8-10-21)19(2)30-23-17-29(3,4)18-24(31)27(23)26/h6-14,26,30H,5,15-18H2,1-4H3/t26-/m0/s1. The number of carbonyl (C=O) groups excluding carboxylic acids is 2. The summed E-state index contributed by atoms with van der Waals surface area (Å²) in [5.74, 6) is 0.588. The van der Waals surface area contributed by atoms with Gasteiger partial charge in [-0.25, -0.2) is 4.79 Å². The molecule has 184 valence electrons. The van der Waals surface area contributed by atoms with Crippen molar-refractivity contribution in [1.82, 2.24) is 5.32 Å². The molecule has 0 spiro atoms. The minimum absolute atomic E-state index is 0.0628. The number of benzene rings is 2. The van der Waals surface area contributed by atoms with Gasteiger partial charge in [-0.1, -0.05) is 44.2 Å². The fraction of sp³-hybridized carbons (Fsp3) is 0.379. The van der Waals surface area contributed by atoms with Crippen molar-refractivity contribution in [3.05, 3.63) is 82.7 Å². The third kappa shape index (κ3) is 5.59. The monoisotopic (exact) mass is 475 g/mol. The van der Waals surface area contributed by atoms with Gasteiger partial charge in [0.15, 0.2) is 5.78 Å². The lowest BCUT2D eigenvalue weighted by molar-refractivity contribution is -0.140. The van der Waals surface area contributed by atoms with Crippen LogP contribution in [-0.4, -0.2) is 31.6 Å². The number of para-hydroxylation sites is 1. The van der Waals surface area contributed by atoms with E-state index >= 15 is 0 Å². The van der Waals surface area contributed by atoms with Gasteiger partial charge >= 0.3 is 5.97 Å². The highest BCUT2D eigenvalue weighted by Gasteiger charge is 2.43. The van der Waals surface area contributed by atoms with Crippen molar-refractivity contribution in [3.8, 4) is 11.5 Å². The topological polar surface area (TPSA) is 73.9 Å². The molecule has 0 fully saturated rings. The van der Waals surface area contributed by atoms with Crippen molar-refractivity contribution < 1.29 is 23.8 Å². The van der Waals surface area contributed by atoms with Crippen molar-refractivity contribution in [3.63, 3.8) is 0 Å². The van der Waals surface area contributed by atoms with Crippen LogP contribution in [0.15, 0.2) is 77.1 Å². The molecule has 6 heteroatoms. The summed E-state index contributed by atoms with van der Waals surface area (Å²) in [7, 11) is 0. The van der Waals surface area contributed by atoms with Gasteiger partial charge in [-0.05, 0) is 55.5 Å². The van der Waals surface area contributed by atoms with Gasteiger partial charge in [0.25, 0.3) is 0 Å². The van der Waals surface area contributed by atoms with Crippen molar-refractivity contribution in [1.29, 1.82) is 0 Å². The molecule has 0 saturated heterocycles. The largest absolute Gasteiger partial charge is 0.494 e. The van der Waals surface area contributed by atoms with Crippen molar-refractivity contribution >= 4 is 11.8 Å². The predicted molar refractivity (Wildman–Crippen MR) is 134 cm³/mol. The second kappa shape index (κ2) is 10.4. The second-order valence-electron chi connectivity index (χ2n) is 9.73. The average molecular weight is 476 g/mol. The first-order chi connectivity index (χ1) is 16.8. The minimum Gasteiger partial charge on any atom is -0.494 e. The maximum atomic E-state index is 13.4. The van der Waals surface area contributed by atoms with E-state index in [2.05, 4.69) is 19.2 Å². The molecule has 0 saturated carbocycles. The first kappa shape index (κ1) is 24.6. The fourth-order valence-electron chi connectivity index (χ4n) is 4.85. The Bertz CT molecular complexity index is 1150. The molecular weight excluding hydrogens is 442 g/mol. The van der Waals surface area contributed by atoms with Crippen LogP contribution < -0.4 is 14.8 Å². The van der Waals surface area contributed by atoms with E-state index in [1.807, 2.05) is 68.4 Å². The van der Waals surface area contributed by atoms with Gasteiger partial charge in [0.2, 0.25) is 0 Å². The van der Waals surface area contributed by atoms with Crippen LogP contribution in [0.2, 0.25) is 0 Å². The SMILES string of the molecule is CCOc1ccc([C@H]2C(C(=O)OCCOc3ccccc3)=C(C)NC3=C2C(=O)CC(C)(C)C3)cc1. The van der Waals surface area contributed by atoms with E-state index in [4.69, 9.17) is 14.2 Å². The number of ether oxygens (including phenoxy) is 3. The van der Waals surface area contributed by atoms with Gasteiger partial charge in [0.1, 0.15) is 24.7 Å². The zero-order valence-corrected chi connectivity index (χ0v) is 20.9. The number of nitrogens with one attached hydrogen (secondary N) is 1. The van der Waals surface area contributed by atoms with E-state index in [9.17, 15) is 9.59 Å². The Labute approximate surface area is 207 Å². The number of allylic oxidation sites excluding steroid dienone is 3. The zero-order chi connectivity index (χ0) is 25.0. The molecule has 2 aromatic carbocycles. The highest BCUT2D eigenvalue weighted by atomic mass is 16.6. The highest BCUT2D eigenvalue weighted by Crippen LogP contribution is 2.46. The Morgan fingerprint density at radius 1 is 0.971 bits per heavy atom. The van der Waals surface area contributed by atoms with Gasteiger partial charge in [0, 0.05) is 29.3 Å². The molecule has 35 heavy (non-hydrogen) atoms. The van der Waals surface area contributed by atoms with E-state index < -0.39 is 11.9 Å². The summed E-state index contributed by atoms with van der Waals surface area (Å²) in [6.07, 6.45) is 1.18. The smallest absolute Gasteiger partial charge is 0.336 e. The summed E-state index contributed by atoms with van der Waals surface area (Å²) in [4.78, 5) is 26.7. The molecule has 0 unspecified atom stereocenters. The van der Waals surface area contributed by atoms with E-state index in [1.54, 1.807) is 0 Å². The normalized spacial score (nSPS) is 19.1. The van der Waals surface area contributed by atoms with Gasteiger partial charge in [-0.2, -0.15) is 0 Å². The number of esters is 1. The molecule has 1 aliphatic carbocycles. The Balaban J connectivity index is 1.60. The maximum absolute atomic E-state index is 13.4. The third-order valence-electron chi connectivity index (χ3n) is 6.31. The lowest BCUT2D eigenvalue weighted by Gasteiger charge is -2.39. The Kier molecular flexibility index (Phi) is 7.29.